The second-order valence-corrected chi connectivity index (χ2v) is 13.1. The average Bonchev–Trinajstić information content (AvgIpc) is 2.82. The van der Waals surface area contributed by atoms with Crippen LogP contribution in [-0.4, -0.2) is 0 Å². The predicted octanol–water partition coefficient (Wildman–Crippen LogP) is 7.30. The van der Waals surface area contributed by atoms with Crippen LogP contribution in [0.15, 0.2) is 40.0 Å². The Kier molecular flexibility index (Phi) is 9.22. The molecule has 0 amide bonds. The van der Waals surface area contributed by atoms with Crippen LogP contribution in [0.3, 0.4) is 0 Å². The molecular weight excluding hydrogens is 390 g/mol. The fourth-order valence-electron chi connectivity index (χ4n) is 3.55. The smallest absolute Gasteiger partial charge is 0.147 e. The summed E-state index contributed by atoms with van der Waals surface area (Å²) < 4.78 is 5.31. The summed E-state index contributed by atoms with van der Waals surface area (Å²) in [7, 11) is 0. The Hall–Kier alpha value is 0.423. The second-order valence-electron chi connectivity index (χ2n) is 6.60. The largest absolute Gasteiger partial charge is 0.147 e. The number of allylic oxidation sites excluding steroid dienone is 8. The van der Waals surface area contributed by atoms with E-state index in [-0.39, 0.29) is 24.8 Å². The maximum atomic E-state index is 2.38. The summed E-state index contributed by atoms with van der Waals surface area (Å²) in [5.74, 6) is 0. The number of halogens is 2. The molecule has 0 radical (unpaired) electrons. The van der Waals surface area contributed by atoms with Crippen LogP contribution in [0.1, 0.15) is 67.7 Å². The van der Waals surface area contributed by atoms with Gasteiger partial charge >= 0.3 is 134 Å². The van der Waals surface area contributed by atoms with E-state index < -0.39 is 21.8 Å². The Balaban J connectivity index is 0.00000220. The van der Waals surface area contributed by atoms with Crippen molar-refractivity contribution in [2.24, 2.45) is 0 Å². The SMILES string of the molecule is CC[CH2][Zr]([C]1=C(C)C(C)=C(C)C1)[C]1=C(C)C(C)=C(C)C1.Cl.Cl. The van der Waals surface area contributed by atoms with Gasteiger partial charge in [-0.25, -0.2) is 0 Å². The standard InChI is InChI=1S/2C8H11.C3H7.2ClH.Zr/c2*1-6-4-5-7(2)8(6)3;1-3-2;;;/h2*4H2,1-3H3;1,3H2,2H3;2*1H;. The average molecular weight is 422 g/mol. The molecule has 0 unspecified atom stereocenters. The normalized spacial score (nSPS) is 18.1. The van der Waals surface area contributed by atoms with E-state index in [1.165, 1.54) is 23.4 Å². The zero-order valence-electron chi connectivity index (χ0n) is 15.1. The van der Waals surface area contributed by atoms with Crippen LogP contribution in [0, 0.1) is 0 Å². The first-order chi connectivity index (χ1) is 9.38. The second kappa shape index (κ2) is 9.05. The van der Waals surface area contributed by atoms with Gasteiger partial charge in [0.05, 0.1) is 0 Å². The van der Waals surface area contributed by atoms with Gasteiger partial charge in [0.1, 0.15) is 0 Å². The molecular formula is C19H31Cl2Zr. The van der Waals surface area contributed by atoms with E-state index in [0.717, 1.165) is 0 Å². The van der Waals surface area contributed by atoms with Crippen LogP contribution in [0.2, 0.25) is 4.13 Å². The minimum absolute atomic E-state index is 0. The van der Waals surface area contributed by atoms with Gasteiger partial charge in [0.15, 0.2) is 0 Å². The summed E-state index contributed by atoms with van der Waals surface area (Å²) in [6.07, 6.45) is 3.95. The van der Waals surface area contributed by atoms with E-state index in [0.29, 0.717) is 0 Å². The van der Waals surface area contributed by atoms with E-state index in [2.05, 4.69) is 48.5 Å². The molecule has 125 valence electrons. The number of hydrogen-bond acceptors (Lipinski definition) is 0. The van der Waals surface area contributed by atoms with Crippen molar-refractivity contribution in [2.45, 2.75) is 71.9 Å². The van der Waals surface area contributed by atoms with Crippen molar-refractivity contribution in [2.75, 3.05) is 0 Å². The number of hydrogen-bond donors (Lipinski definition) is 0. The van der Waals surface area contributed by atoms with Crippen molar-refractivity contribution in [1.29, 1.82) is 0 Å². The van der Waals surface area contributed by atoms with Crippen molar-refractivity contribution in [1.82, 2.24) is 0 Å². The third-order valence-corrected chi connectivity index (χ3v) is 14.2. The minimum atomic E-state index is -1.60. The Labute approximate surface area is 157 Å². The van der Waals surface area contributed by atoms with Crippen molar-refractivity contribution in [3.8, 4) is 0 Å². The molecule has 0 aromatic rings. The van der Waals surface area contributed by atoms with E-state index in [1.54, 1.807) is 33.4 Å². The molecule has 0 fully saturated rings. The summed E-state index contributed by atoms with van der Waals surface area (Å²) in [5, 5.41) is 0. The number of rotatable bonds is 4. The molecule has 2 rings (SSSR count). The molecule has 0 saturated heterocycles. The van der Waals surface area contributed by atoms with E-state index in [4.69, 9.17) is 0 Å². The Morgan fingerprint density at radius 3 is 1.27 bits per heavy atom. The quantitative estimate of drug-likeness (QED) is 0.446. The molecule has 0 saturated carbocycles. The van der Waals surface area contributed by atoms with Gasteiger partial charge in [0.25, 0.3) is 0 Å². The van der Waals surface area contributed by atoms with Gasteiger partial charge in [-0.3, -0.25) is 0 Å². The molecule has 2 aliphatic carbocycles. The molecule has 3 heteroatoms. The molecule has 0 aliphatic heterocycles. The molecule has 0 nitrogen and oxygen atoms in total. The summed E-state index contributed by atoms with van der Waals surface area (Å²) >= 11 is -1.60. The van der Waals surface area contributed by atoms with E-state index in [9.17, 15) is 0 Å². The van der Waals surface area contributed by atoms with Crippen LogP contribution in [0.4, 0.5) is 0 Å². The Morgan fingerprint density at radius 1 is 0.682 bits per heavy atom. The van der Waals surface area contributed by atoms with Gasteiger partial charge in [0, 0.05) is 0 Å². The first-order valence-electron chi connectivity index (χ1n) is 7.97. The zero-order chi connectivity index (χ0) is 15.0. The topological polar surface area (TPSA) is 0 Å². The molecule has 2 aliphatic rings. The third kappa shape index (κ3) is 4.09. The molecule has 0 bridgehead atoms. The van der Waals surface area contributed by atoms with Crippen LogP contribution >= 0.6 is 24.8 Å². The molecule has 0 spiro atoms. The van der Waals surface area contributed by atoms with Gasteiger partial charge < -0.3 is 0 Å². The summed E-state index contributed by atoms with van der Waals surface area (Å²) in [4.78, 5) is 0. The fourth-order valence-corrected chi connectivity index (χ4v) is 12.7. The van der Waals surface area contributed by atoms with Gasteiger partial charge in [-0.2, -0.15) is 0 Å². The summed E-state index contributed by atoms with van der Waals surface area (Å²) in [6, 6.07) is 0. The summed E-state index contributed by atoms with van der Waals surface area (Å²) in [6.45, 7) is 16.5. The molecule has 0 atom stereocenters. The summed E-state index contributed by atoms with van der Waals surface area (Å²) in [5.41, 5.74) is 9.76. The van der Waals surface area contributed by atoms with E-state index in [1.807, 2.05) is 6.56 Å². The minimum Gasteiger partial charge on any atom is -0.147 e. The van der Waals surface area contributed by atoms with Crippen LogP contribution in [-0.2, 0) is 21.8 Å². The van der Waals surface area contributed by atoms with E-state index >= 15 is 0 Å². The van der Waals surface area contributed by atoms with Gasteiger partial charge in [-0.05, 0) is 0 Å². The van der Waals surface area contributed by atoms with Crippen molar-refractivity contribution >= 4 is 24.8 Å². The predicted molar refractivity (Wildman–Crippen MR) is 101 cm³/mol. The van der Waals surface area contributed by atoms with Gasteiger partial charge in [0.2, 0.25) is 0 Å². The Morgan fingerprint density at radius 2 is 1.05 bits per heavy atom. The molecule has 0 N–H and O–H groups in total. The first kappa shape index (κ1) is 22.4. The molecule has 22 heavy (non-hydrogen) atoms. The van der Waals surface area contributed by atoms with Crippen LogP contribution < -0.4 is 0 Å². The van der Waals surface area contributed by atoms with Crippen LogP contribution in [0.25, 0.3) is 0 Å². The van der Waals surface area contributed by atoms with Crippen molar-refractivity contribution in [3.05, 3.63) is 40.0 Å². The van der Waals surface area contributed by atoms with Crippen LogP contribution in [0.5, 0.6) is 0 Å². The maximum Gasteiger partial charge on any atom is -0.147 e. The van der Waals surface area contributed by atoms with Crippen molar-refractivity contribution in [3.63, 3.8) is 0 Å². The maximum absolute atomic E-state index is 2.38. The molecule has 0 aromatic heterocycles. The molecule has 0 heterocycles. The van der Waals surface area contributed by atoms with Crippen molar-refractivity contribution < 1.29 is 21.8 Å². The zero-order valence-corrected chi connectivity index (χ0v) is 19.2. The Bertz CT molecular complexity index is 514. The van der Waals surface area contributed by atoms with Gasteiger partial charge in [-0.15, -0.1) is 24.8 Å². The third-order valence-electron chi connectivity index (χ3n) is 5.42. The molecule has 0 aromatic carbocycles. The first-order valence-corrected chi connectivity index (χ1v) is 12.2. The monoisotopic (exact) mass is 419 g/mol. The van der Waals surface area contributed by atoms with Gasteiger partial charge in [-0.1, -0.05) is 0 Å². The fraction of sp³-hybridized carbons (Fsp3) is 0.579.